The van der Waals surface area contributed by atoms with Crippen LogP contribution in [0.1, 0.15) is 36.0 Å². The molecular weight excluding hydrogens is 271 g/mol. The molecule has 0 amide bonds. The van der Waals surface area contributed by atoms with Crippen LogP contribution in [0.4, 0.5) is 4.39 Å². The summed E-state index contributed by atoms with van der Waals surface area (Å²) >= 11 is 5.63. The summed E-state index contributed by atoms with van der Waals surface area (Å²) in [4.78, 5) is 23.4. The van der Waals surface area contributed by atoms with Gasteiger partial charge in [-0.05, 0) is 43.9 Å². The highest BCUT2D eigenvalue weighted by molar-refractivity contribution is 6.30. The number of Topliss-reactive ketones (excluding diaryl/α,β-unsaturated/α-hetero) is 1. The van der Waals surface area contributed by atoms with E-state index in [1.807, 2.05) is 0 Å². The summed E-state index contributed by atoms with van der Waals surface area (Å²) in [5.74, 6) is -2.37. The molecule has 0 radical (unpaired) electrons. The Hall–Kier alpha value is -1.68. The Bertz CT molecular complexity index is 578. The molecule has 0 saturated heterocycles. The van der Waals surface area contributed by atoms with E-state index in [1.54, 1.807) is 0 Å². The lowest BCUT2D eigenvalue weighted by molar-refractivity contribution is -0.133. The van der Waals surface area contributed by atoms with Crippen LogP contribution in [0.2, 0.25) is 5.02 Å². The summed E-state index contributed by atoms with van der Waals surface area (Å²) in [5.41, 5.74) is 0.186. The number of hydrogen-bond acceptors (Lipinski definition) is 2. The number of rotatable bonds is 3. The van der Waals surface area contributed by atoms with Crippen LogP contribution in [-0.2, 0) is 4.79 Å². The number of halogens is 2. The third-order valence-electron chi connectivity index (χ3n) is 3.18. The molecule has 0 aromatic heterocycles. The van der Waals surface area contributed by atoms with Gasteiger partial charge in [0.25, 0.3) is 0 Å². The SMILES string of the molecule is O=C(O)C1=C(C(=O)c2ccc(Cl)cc2F)CCCC1. The number of hydrogen-bond donors (Lipinski definition) is 1. The fraction of sp³-hybridized carbons (Fsp3) is 0.286. The van der Waals surface area contributed by atoms with Crippen molar-refractivity contribution >= 4 is 23.4 Å². The van der Waals surface area contributed by atoms with Crippen molar-refractivity contribution in [1.29, 1.82) is 0 Å². The van der Waals surface area contributed by atoms with Crippen molar-refractivity contribution in [1.82, 2.24) is 0 Å². The molecule has 0 fully saturated rings. The average Bonchev–Trinajstić information content (AvgIpc) is 2.38. The molecule has 1 aliphatic carbocycles. The van der Waals surface area contributed by atoms with Crippen molar-refractivity contribution in [2.75, 3.05) is 0 Å². The van der Waals surface area contributed by atoms with Crippen molar-refractivity contribution in [3.05, 3.63) is 45.7 Å². The van der Waals surface area contributed by atoms with Gasteiger partial charge in [-0.1, -0.05) is 11.6 Å². The number of carbonyl (C=O) groups is 2. The molecular formula is C14H12ClFO3. The fourth-order valence-corrected chi connectivity index (χ4v) is 2.39. The smallest absolute Gasteiger partial charge is 0.331 e. The monoisotopic (exact) mass is 282 g/mol. The Labute approximate surface area is 114 Å². The molecule has 0 bridgehead atoms. The van der Waals surface area contributed by atoms with Crippen molar-refractivity contribution in [3.8, 4) is 0 Å². The van der Waals surface area contributed by atoms with Crippen LogP contribution in [0.15, 0.2) is 29.3 Å². The van der Waals surface area contributed by atoms with Gasteiger partial charge in [-0.25, -0.2) is 9.18 Å². The first kappa shape index (κ1) is 13.7. The molecule has 0 unspecified atom stereocenters. The normalized spacial score (nSPS) is 15.5. The number of benzene rings is 1. The molecule has 0 atom stereocenters. The minimum absolute atomic E-state index is 0.102. The molecule has 0 spiro atoms. The Morgan fingerprint density at radius 3 is 2.37 bits per heavy atom. The highest BCUT2D eigenvalue weighted by Crippen LogP contribution is 2.29. The van der Waals surface area contributed by atoms with E-state index in [2.05, 4.69) is 0 Å². The van der Waals surface area contributed by atoms with Crippen LogP contribution in [-0.4, -0.2) is 16.9 Å². The second-order valence-electron chi connectivity index (χ2n) is 4.42. The highest BCUT2D eigenvalue weighted by atomic mass is 35.5. The number of aliphatic carboxylic acids is 1. The third-order valence-corrected chi connectivity index (χ3v) is 3.41. The number of carbonyl (C=O) groups excluding carboxylic acids is 1. The van der Waals surface area contributed by atoms with Gasteiger partial charge in [0, 0.05) is 16.2 Å². The van der Waals surface area contributed by atoms with Crippen LogP contribution in [0.3, 0.4) is 0 Å². The Morgan fingerprint density at radius 1 is 1.16 bits per heavy atom. The molecule has 3 nitrogen and oxygen atoms in total. The molecule has 1 aromatic rings. The lowest BCUT2D eigenvalue weighted by Crippen LogP contribution is -2.16. The van der Waals surface area contributed by atoms with E-state index in [4.69, 9.17) is 16.7 Å². The van der Waals surface area contributed by atoms with Gasteiger partial charge in [0.15, 0.2) is 5.78 Å². The number of ketones is 1. The minimum Gasteiger partial charge on any atom is -0.478 e. The maximum absolute atomic E-state index is 13.7. The van der Waals surface area contributed by atoms with E-state index in [0.717, 1.165) is 18.9 Å². The van der Waals surface area contributed by atoms with Crippen LogP contribution >= 0.6 is 11.6 Å². The maximum atomic E-state index is 13.7. The Morgan fingerprint density at radius 2 is 1.79 bits per heavy atom. The van der Waals surface area contributed by atoms with E-state index in [1.165, 1.54) is 12.1 Å². The summed E-state index contributed by atoms with van der Waals surface area (Å²) in [7, 11) is 0. The zero-order chi connectivity index (χ0) is 14.0. The van der Waals surface area contributed by atoms with E-state index >= 15 is 0 Å². The third kappa shape index (κ3) is 2.84. The topological polar surface area (TPSA) is 54.4 Å². The van der Waals surface area contributed by atoms with Crippen LogP contribution in [0.5, 0.6) is 0 Å². The summed E-state index contributed by atoms with van der Waals surface area (Å²) in [5, 5.41) is 9.29. The van der Waals surface area contributed by atoms with Gasteiger partial charge in [0.05, 0.1) is 5.56 Å². The first-order valence-corrected chi connectivity index (χ1v) is 6.33. The molecule has 1 N–H and O–H groups in total. The second kappa shape index (κ2) is 5.53. The van der Waals surface area contributed by atoms with Gasteiger partial charge >= 0.3 is 5.97 Å². The first-order valence-electron chi connectivity index (χ1n) is 5.95. The minimum atomic E-state index is -1.10. The second-order valence-corrected chi connectivity index (χ2v) is 4.86. The van der Waals surface area contributed by atoms with Crippen molar-refractivity contribution in [2.45, 2.75) is 25.7 Å². The zero-order valence-corrected chi connectivity index (χ0v) is 10.8. The van der Waals surface area contributed by atoms with Gasteiger partial charge < -0.3 is 5.11 Å². The lowest BCUT2D eigenvalue weighted by Gasteiger charge is -2.16. The van der Waals surface area contributed by atoms with Gasteiger partial charge in [-0.15, -0.1) is 0 Å². The molecule has 2 rings (SSSR count). The summed E-state index contributed by atoms with van der Waals surface area (Å²) < 4.78 is 13.7. The largest absolute Gasteiger partial charge is 0.478 e. The summed E-state index contributed by atoms with van der Waals surface area (Å²) in [6, 6.07) is 3.77. The molecule has 0 saturated carbocycles. The molecule has 5 heteroatoms. The van der Waals surface area contributed by atoms with E-state index in [0.29, 0.717) is 12.8 Å². The number of allylic oxidation sites excluding steroid dienone is 1. The summed E-state index contributed by atoms with van der Waals surface area (Å²) in [6.45, 7) is 0. The first-order chi connectivity index (χ1) is 9.00. The van der Waals surface area contributed by atoms with Crippen molar-refractivity contribution < 1.29 is 19.1 Å². The van der Waals surface area contributed by atoms with Crippen molar-refractivity contribution in [2.24, 2.45) is 0 Å². The van der Waals surface area contributed by atoms with E-state index in [9.17, 15) is 14.0 Å². The molecule has 1 aliphatic rings. The number of carboxylic acid groups (broad SMARTS) is 1. The Kier molecular flexibility index (Phi) is 4.00. The average molecular weight is 283 g/mol. The zero-order valence-electron chi connectivity index (χ0n) is 10.1. The van der Waals surface area contributed by atoms with Gasteiger partial charge in [-0.3, -0.25) is 4.79 Å². The Balaban J connectivity index is 2.45. The van der Waals surface area contributed by atoms with Crippen LogP contribution in [0.25, 0.3) is 0 Å². The van der Waals surface area contributed by atoms with E-state index < -0.39 is 17.6 Å². The highest BCUT2D eigenvalue weighted by Gasteiger charge is 2.25. The molecule has 19 heavy (non-hydrogen) atoms. The predicted octanol–water partition coefficient (Wildman–Crippen LogP) is 3.62. The molecule has 100 valence electrons. The quantitative estimate of drug-likeness (QED) is 0.862. The lowest BCUT2D eigenvalue weighted by atomic mass is 9.87. The fourth-order valence-electron chi connectivity index (χ4n) is 2.23. The maximum Gasteiger partial charge on any atom is 0.331 e. The van der Waals surface area contributed by atoms with Gasteiger partial charge in [0.2, 0.25) is 0 Å². The van der Waals surface area contributed by atoms with Crippen LogP contribution in [0, 0.1) is 5.82 Å². The standard InChI is InChI=1S/C14H12ClFO3/c15-8-5-6-11(12(16)7-8)13(17)9-3-1-2-4-10(9)14(18)19/h5-7H,1-4H2,(H,18,19). The van der Waals surface area contributed by atoms with Gasteiger partial charge in [-0.2, -0.15) is 0 Å². The predicted molar refractivity (Wildman–Crippen MR) is 68.9 cm³/mol. The molecule has 1 aromatic carbocycles. The van der Waals surface area contributed by atoms with Crippen molar-refractivity contribution in [3.63, 3.8) is 0 Å². The van der Waals surface area contributed by atoms with Crippen LogP contribution < -0.4 is 0 Å². The number of carboxylic acids is 1. The summed E-state index contributed by atoms with van der Waals surface area (Å²) in [6.07, 6.45) is 2.21. The van der Waals surface area contributed by atoms with Gasteiger partial charge in [0.1, 0.15) is 5.82 Å². The molecule has 0 aliphatic heterocycles. The van der Waals surface area contributed by atoms with E-state index in [-0.39, 0.29) is 21.7 Å². The molecule has 0 heterocycles.